The van der Waals surface area contributed by atoms with E-state index < -0.39 is 17.7 Å². The number of nitrogens with zero attached hydrogens (tertiary/aromatic N) is 2. The lowest BCUT2D eigenvalue weighted by Gasteiger charge is -2.39. The SMILES string of the molecule is CC[C@H](C)COC(c1ccccc1)(c1ccccc1)[C@@H](Oc1nc(C)cc(C)n1)C(=O)O. The minimum Gasteiger partial charge on any atom is -0.478 e. The van der Waals surface area contributed by atoms with Gasteiger partial charge in [-0.3, -0.25) is 0 Å². The Kier molecular flexibility index (Phi) is 7.59. The van der Waals surface area contributed by atoms with Gasteiger partial charge in [-0.1, -0.05) is 80.9 Å². The third-order valence-corrected chi connectivity index (χ3v) is 5.48. The van der Waals surface area contributed by atoms with E-state index in [0.29, 0.717) is 29.1 Å². The lowest BCUT2D eigenvalue weighted by molar-refractivity contribution is -0.166. The van der Waals surface area contributed by atoms with Crippen molar-refractivity contribution in [2.45, 2.75) is 45.8 Å². The first kappa shape index (κ1) is 23.4. The van der Waals surface area contributed by atoms with Crippen molar-refractivity contribution < 1.29 is 19.4 Å². The summed E-state index contributed by atoms with van der Waals surface area (Å²) in [7, 11) is 0. The first-order valence-electron chi connectivity index (χ1n) is 10.8. The van der Waals surface area contributed by atoms with Crippen molar-refractivity contribution in [3.05, 3.63) is 89.2 Å². The molecule has 2 aromatic carbocycles. The van der Waals surface area contributed by atoms with Crippen molar-refractivity contribution >= 4 is 5.97 Å². The number of carbonyl (C=O) groups is 1. The van der Waals surface area contributed by atoms with Gasteiger partial charge in [0.1, 0.15) is 0 Å². The maximum Gasteiger partial charge on any atom is 0.348 e. The Hall–Kier alpha value is -3.25. The number of rotatable bonds is 10. The Morgan fingerprint density at radius 2 is 1.47 bits per heavy atom. The predicted molar refractivity (Wildman–Crippen MR) is 123 cm³/mol. The molecule has 0 bridgehead atoms. The molecule has 168 valence electrons. The standard InChI is InChI=1S/C26H30N2O4/c1-5-18(2)17-31-26(21-12-8-6-9-13-21,22-14-10-7-11-15-22)23(24(29)30)32-25-27-19(3)16-20(4)28-25/h6-16,18,23H,5,17H2,1-4H3,(H,29,30)/t18-,23-/m0/s1. The zero-order valence-corrected chi connectivity index (χ0v) is 19.0. The average Bonchev–Trinajstić information content (AvgIpc) is 2.79. The van der Waals surface area contributed by atoms with Crippen LogP contribution in [-0.2, 0) is 15.1 Å². The fourth-order valence-corrected chi connectivity index (χ4v) is 3.63. The van der Waals surface area contributed by atoms with Crippen LogP contribution in [-0.4, -0.2) is 33.8 Å². The van der Waals surface area contributed by atoms with Crippen molar-refractivity contribution in [3.63, 3.8) is 0 Å². The molecule has 0 fully saturated rings. The molecule has 0 aliphatic carbocycles. The van der Waals surface area contributed by atoms with E-state index >= 15 is 0 Å². The number of ether oxygens (including phenoxy) is 2. The van der Waals surface area contributed by atoms with Gasteiger partial charge in [0, 0.05) is 11.4 Å². The van der Waals surface area contributed by atoms with Gasteiger partial charge in [0.15, 0.2) is 5.60 Å². The van der Waals surface area contributed by atoms with E-state index in [1.165, 1.54) is 0 Å². The number of benzene rings is 2. The second-order valence-electron chi connectivity index (χ2n) is 8.06. The molecule has 1 N–H and O–H groups in total. The molecule has 3 rings (SSSR count). The van der Waals surface area contributed by atoms with Crippen LogP contribution in [0.4, 0.5) is 0 Å². The van der Waals surface area contributed by atoms with E-state index in [1.54, 1.807) is 0 Å². The fourth-order valence-electron chi connectivity index (χ4n) is 3.63. The van der Waals surface area contributed by atoms with Crippen LogP contribution in [0, 0.1) is 19.8 Å². The molecule has 0 amide bonds. The molecule has 0 saturated carbocycles. The Morgan fingerprint density at radius 1 is 0.969 bits per heavy atom. The summed E-state index contributed by atoms with van der Waals surface area (Å²) in [6.45, 7) is 8.15. The monoisotopic (exact) mass is 434 g/mol. The molecule has 1 heterocycles. The fraction of sp³-hybridized carbons (Fsp3) is 0.346. The second-order valence-corrected chi connectivity index (χ2v) is 8.06. The number of aliphatic carboxylic acids is 1. The Bertz CT molecular complexity index is 965. The van der Waals surface area contributed by atoms with Crippen LogP contribution in [0.25, 0.3) is 0 Å². The number of carboxylic acid groups (broad SMARTS) is 1. The van der Waals surface area contributed by atoms with Crippen molar-refractivity contribution in [1.29, 1.82) is 0 Å². The molecule has 0 aliphatic rings. The summed E-state index contributed by atoms with van der Waals surface area (Å²) in [5.74, 6) is -0.932. The molecular weight excluding hydrogens is 404 g/mol. The highest BCUT2D eigenvalue weighted by atomic mass is 16.6. The number of aromatic nitrogens is 2. The molecule has 0 unspecified atom stereocenters. The van der Waals surface area contributed by atoms with Gasteiger partial charge in [0.2, 0.25) is 6.10 Å². The lowest BCUT2D eigenvalue weighted by atomic mass is 9.81. The molecule has 3 aromatic rings. The van der Waals surface area contributed by atoms with Crippen LogP contribution in [0.5, 0.6) is 6.01 Å². The summed E-state index contributed by atoms with van der Waals surface area (Å²) in [6, 6.07) is 20.5. The van der Waals surface area contributed by atoms with Gasteiger partial charge in [-0.05, 0) is 37.0 Å². The van der Waals surface area contributed by atoms with Gasteiger partial charge in [0.05, 0.1) is 6.61 Å². The van der Waals surface area contributed by atoms with Gasteiger partial charge in [-0.2, -0.15) is 0 Å². The Labute approximate surface area is 189 Å². The first-order valence-corrected chi connectivity index (χ1v) is 10.8. The molecular formula is C26H30N2O4. The largest absolute Gasteiger partial charge is 0.478 e. The van der Waals surface area contributed by atoms with Crippen LogP contribution in [0.1, 0.15) is 42.8 Å². The maximum absolute atomic E-state index is 12.7. The molecule has 32 heavy (non-hydrogen) atoms. The van der Waals surface area contributed by atoms with Crippen molar-refractivity contribution in [1.82, 2.24) is 9.97 Å². The van der Waals surface area contributed by atoms with Crippen molar-refractivity contribution in [2.75, 3.05) is 6.61 Å². The van der Waals surface area contributed by atoms with Crippen LogP contribution in [0.2, 0.25) is 0 Å². The van der Waals surface area contributed by atoms with Gasteiger partial charge in [-0.25, -0.2) is 14.8 Å². The van der Waals surface area contributed by atoms with E-state index in [1.807, 2.05) is 80.6 Å². The summed E-state index contributed by atoms with van der Waals surface area (Å²) < 4.78 is 12.6. The molecule has 6 nitrogen and oxygen atoms in total. The third kappa shape index (κ3) is 5.14. The molecule has 0 saturated heterocycles. The molecule has 0 spiro atoms. The summed E-state index contributed by atoms with van der Waals surface area (Å²) >= 11 is 0. The van der Waals surface area contributed by atoms with E-state index in [-0.39, 0.29) is 11.9 Å². The number of hydrogen-bond acceptors (Lipinski definition) is 5. The van der Waals surface area contributed by atoms with Gasteiger partial charge in [-0.15, -0.1) is 0 Å². The second kappa shape index (κ2) is 10.4. The minimum atomic E-state index is -1.42. The van der Waals surface area contributed by atoms with Crippen LogP contribution >= 0.6 is 0 Å². The third-order valence-electron chi connectivity index (χ3n) is 5.48. The average molecular weight is 435 g/mol. The zero-order chi connectivity index (χ0) is 23.1. The summed E-state index contributed by atoms with van der Waals surface area (Å²) in [5, 5.41) is 10.4. The normalized spacial score (nSPS) is 13.4. The first-order chi connectivity index (χ1) is 15.4. The van der Waals surface area contributed by atoms with E-state index in [4.69, 9.17) is 9.47 Å². The van der Waals surface area contributed by atoms with Gasteiger partial charge < -0.3 is 14.6 Å². The number of hydrogen-bond donors (Lipinski definition) is 1. The zero-order valence-electron chi connectivity index (χ0n) is 19.0. The van der Waals surface area contributed by atoms with E-state index in [0.717, 1.165) is 6.42 Å². The summed E-state index contributed by atoms with van der Waals surface area (Å²) in [5.41, 5.74) is 1.36. The smallest absolute Gasteiger partial charge is 0.348 e. The molecule has 1 aromatic heterocycles. The topological polar surface area (TPSA) is 81.5 Å². The van der Waals surface area contributed by atoms with Crippen LogP contribution in [0.3, 0.4) is 0 Å². The Balaban J connectivity index is 2.22. The quantitative estimate of drug-likeness (QED) is 0.487. The van der Waals surface area contributed by atoms with Crippen LogP contribution in [0.15, 0.2) is 66.7 Å². The predicted octanol–water partition coefficient (Wildman–Crippen LogP) is 4.93. The van der Waals surface area contributed by atoms with Crippen LogP contribution < -0.4 is 4.74 Å². The molecule has 2 atom stereocenters. The van der Waals surface area contributed by atoms with Crippen molar-refractivity contribution in [3.8, 4) is 6.01 Å². The minimum absolute atomic E-state index is 0.0123. The highest BCUT2D eigenvalue weighted by Crippen LogP contribution is 2.39. The number of aryl methyl sites for hydroxylation is 2. The molecule has 6 heteroatoms. The number of carboxylic acids is 1. The Morgan fingerprint density at radius 3 is 1.91 bits per heavy atom. The van der Waals surface area contributed by atoms with Crippen molar-refractivity contribution in [2.24, 2.45) is 5.92 Å². The maximum atomic E-state index is 12.7. The molecule has 0 aliphatic heterocycles. The van der Waals surface area contributed by atoms with Gasteiger partial charge in [0.25, 0.3) is 0 Å². The summed E-state index contributed by atoms with van der Waals surface area (Å²) in [6.07, 6.45) is -0.518. The molecule has 0 radical (unpaired) electrons. The lowest BCUT2D eigenvalue weighted by Crippen LogP contribution is -2.52. The van der Waals surface area contributed by atoms with E-state index in [9.17, 15) is 9.90 Å². The van der Waals surface area contributed by atoms with Gasteiger partial charge >= 0.3 is 12.0 Å². The highest BCUT2D eigenvalue weighted by molar-refractivity contribution is 5.76. The van der Waals surface area contributed by atoms with E-state index in [2.05, 4.69) is 23.8 Å². The highest BCUT2D eigenvalue weighted by Gasteiger charge is 2.50. The summed E-state index contributed by atoms with van der Waals surface area (Å²) in [4.78, 5) is 21.4.